The highest BCUT2D eigenvalue weighted by molar-refractivity contribution is 5.91. The SMILES string of the molecule is Cl.O=C(O)C1CCCN(CCON=C2CCCCC2c2ccccc2)C1. The molecule has 3 rings (SSSR count). The average Bonchev–Trinajstić information content (AvgIpc) is 2.66. The van der Waals surface area contributed by atoms with Gasteiger partial charge in [-0.15, -0.1) is 12.4 Å². The molecular weight excluding hydrogens is 352 g/mol. The Morgan fingerprint density at radius 1 is 1.19 bits per heavy atom. The predicted molar refractivity (Wildman–Crippen MR) is 105 cm³/mol. The highest BCUT2D eigenvalue weighted by atomic mass is 35.5. The molecule has 2 unspecified atom stereocenters. The third kappa shape index (κ3) is 5.71. The summed E-state index contributed by atoms with van der Waals surface area (Å²) in [5.74, 6) is -0.541. The van der Waals surface area contributed by atoms with Crippen LogP contribution in [0.25, 0.3) is 0 Å². The van der Waals surface area contributed by atoms with Gasteiger partial charge in [0, 0.05) is 19.0 Å². The van der Waals surface area contributed by atoms with Gasteiger partial charge in [0.25, 0.3) is 0 Å². The molecule has 1 aromatic rings. The highest BCUT2D eigenvalue weighted by Gasteiger charge is 2.25. The molecule has 1 saturated carbocycles. The maximum Gasteiger partial charge on any atom is 0.307 e. The lowest BCUT2D eigenvalue weighted by molar-refractivity contribution is -0.143. The van der Waals surface area contributed by atoms with Crippen molar-refractivity contribution in [3.05, 3.63) is 35.9 Å². The number of likely N-dealkylation sites (tertiary alicyclic amines) is 1. The van der Waals surface area contributed by atoms with Crippen LogP contribution in [0.2, 0.25) is 0 Å². The van der Waals surface area contributed by atoms with E-state index in [1.54, 1.807) is 0 Å². The van der Waals surface area contributed by atoms with Crippen LogP contribution in [0.15, 0.2) is 35.5 Å². The van der Waals surface area contributed by atoms with E-state index in [0.29, 0.717) is 19.1 Å². The molecule has 1 N–H and O–H groups in total. The first-order chi connectivity index (χ1) is 12.2. The number of hydrogen-bond acceptors (Lipinski definition) is 4. The van der Waals surface area contributed by atoms with Crippen molar-refractivity contribution in [2.45, 2.75) is 44.4 Å². The summed E-state index contributed by atoms with van der Waals surface area (Å²) in [6.07, 6.45) is 6.29. The fourth-order valence-corrected chi connectivity index (χ4v) is 3.91. The maximum absolute atomic E-state index is 11.1. The van der Waals surface area contributed by atoms with Crippen LogP contribution in [0.4, 0.5) is 0 Å². The summed E-state index contributed by atoms with van der Waals surface area (Å²) in [4.78, 5) is 18.9. The van der Waals surface area contributed by atoms with E-state index in [1.165, 1.54) is 18.4 Å². The van der Waals surface area contributed by atoms with Crippen LogP contribution in [0, 0.1) is 5.92 Å². The van der Waals surface area contributed by atoms with Gasteiger partial charge in [-0.1, -0.05) is 41.9 Å². The smallest absolute Gasteiger partial charge is 0.307 e. The lowest BCUT2D eigenvalue weighted by atomic mass is 9.82. The maximum atomic E-state index is 11.1. The Hall–Kier alpha value is -1.59. The van der Waals surface area contributed by atoms with Gasteiger partial charge in [-0.25, -0.2) is 0 Å². The van der Waals surface area contributed by atoms with Gasteiger partial charge < -0.3 is 9.94 Å². The molecular formula is C20H29ClN2O3. The van der Waals surface area contributed by atoms with Gasteiger partial charge in [-0.05, 0) is 44.2 Å². The number of halogens is 1. The minimum absolute atomic E-state index is 0. The summed E-state index contributed by atoms with van der Waals surface area (Å²) >= 11 is 0. The molecule has 0 aromatic heterocycles. The molecule has 0 amide bonds. The van der Waals surface area contributed by atoms with E-state index in [1.807, 2.05) is 6.07 Å². The number of oxime groups is 1. The zero-order chi connectivity index (χ0) is 17.5. The molecule has 5 nitrogen and oxygen atoms in total. The van der Waals surface area contributed by atoms with E-state index >= 15 is 0 Å². The molecule has 1 aromatic carbocycles. The third-order valence-electron chi connectivity index (χ3n) is 5.32. The molecule has 6 heteroatoms. The molecule has 1 aliphatic heterocycles. The topological polar surface area (TPSA) is 62.1 Å². The molecule has 1 heterocycles. The molecule has 2 aliphatic rings. The molecule has 144 valence electrons. The Kier molecular flexibility index (Phi) is 8.39. The molecule has 26 heavy (non-hydrogen) atoms. The largest absolute Gasteiger partial charge is 0.481 e. The Bertz CT molecular complexity index is 594. The average molecular weight is 381 g/mol. The third-order valence-corrected chi connectivity index (χ3v) is 5.32. The van der Waals surface area contributed by atoms with Crippen molar-refractivity contribution in [3.8, 4) is 0 Å². The Labute approximate surface area is 161 Å². The number of carboxylic acids is 1. The van der Waals surface area contributed by atoms with Gasteiger partial charge in [-0.3, -0.25) is 9.69 Å². The van der Waals surface area contributed by atoms with Gasteiger partial charge in [0.1, 0.15) is 6.61 Å². The number of benzene rings is 1. The lowest BCUT2D eigenvalue weighted by Gasteiger charge is -2.30. The quantitative estimate of drug-likeness (QED) is 0.599. The van der Waals surface area contributed by atoms with Crippen molar-refractivity contribution in [3.63, 3.8) is 0 Å². The van der Waals surface area contributed by atoms with Crippen LogP contribution in [0.3, 0.4) is 0 Å². The number of hydrogen-bond donors (Lipinski definition) is 1. The summed E-state index contributed by atoms with van der Waals surface area (Å²) in [6.45, 7) is 2.85. The van der Waals surface area contributed by atoms with Crippen LogP contribution in [0.5, 0.6) is 0 Å². The molecule has 1 saturated heterocycles. The first-order valence-electron chi connectivity index (χ1n) is 9.43. The highest BCUT2D eigenvalue weighted by Crippen LogP contribution is 2.30. The van der Waals surface area contributed by atoms with E-state index in [2.05, 4.69) is 34.3 Å². The summed E-state index contributed by atoms with van der Waals surface area (Å²) in [5, 5.41) is 13.6. The summed E-state index contributed by atoms with van der Waals surface area (Å²) in [5.41, 5.74) is 2.48. The number of carboxylic acid groups (broad SMARTS) is 1. The number of carbonyl (C=O) groups is 1. The van der Waals surface area contributed by atoms with Crippen molar-refractivity contribution in [1.82, 2.24) is 4.90 Å². The van der Waals surface area contributed by atoms with Gasteiger partial charge in [0.05, 0.1) is 11.6 Å². The molecule has 1 aliphatic carbocycles. The van der Waals surface area contributed by atoms with E-state index in [0.717, 1.165) is 44.5 Å². The van der Waals surface area contributed by atoms with E-state index in [-0.39, 0.29) is 18.3 Å². The molecule has 2 atom stereocenters. The van der Waals surface area contributed by atoms with Crippen molar-refractivity contribution < 1.29 is 14.7 Å². The minimum atomic E-state index is -0.682. The second-order valence-electron chi connectivity index (χ2n) is 7.10. The number of rotatable bonds is 6. The molecule has 2 fully saturated rings. The Morgan fingerprint density at radius 2 is 2.00 bits per heavy atom. The van der Waals surface area contributed by atoms with Crippen molar-refractivity contribution in [1.29, 1.82) is 0 Å². The summed E-state index contributed by atoms with van der Waals surface area (Å²) in [7, 11) is 0. The monoisotopic (exact) mass is 380 g/mol. The number of aliphatic carboxylic acids is 1. The van der Waals surface area contributed by atoms with E-state index in [9.17, 15) is 4.79 Å². The summed E-state index contributed by atoms with van der Waals surface area (Å²) < 4.78 is 0. The zero-order valence-electron chi connectivity index (χ0n) is 15.2. The normalized spacial score (nSPS) is 25.5. The van der Waals surface area contributed by atoms with Gasteiger partial charge >= 0.3 is 5.97 Å². The Balaban J connectivity index is 0.00000243. The zero-order valence-corrected chi connectivity index (χ0v) is 16.0. The first kappa shape index (κ1) is 20.7. The number of piperidine rings is 1. The summed E-state index contributed by atoms with van der Waals surface area (Å²) in [6, 6.07) is 10.6. The molecule has 0 bridgehead atoms. The first-order valence-corrected chi connectivity index (χ1v) is 9.43. The fraction of sp³-hybridized carbons (Fsp3) is 0.600. The second-order valence-corrected chi connectivity index (χ2v) is 7.10. The van der Waals surface area contributed by atoms with E-state index < -0.39 is 5.97 Å². The van der Waals surface area contributed by atoms with Gasteiger partial charge in [0.2, 0.25) is 0 Å². The van der Waals surface area contributed by atoms with Crippen LogP contribution >= 0.6 is 12.4 Å². The van der Waals surface area contributed by atoms with E-state index in [4.69, 9.17) is 9.94 Å². The fourth-order valence-electron chi connectivity index (χ4n) is 3.91. The van der Waals surface area contributed by atoms with Crippen molar-refractivity contribution in [2.24, 2.45) is 11.1 Å². The van der Waals surface area contributed by atoms with Crippen molar-refractivity contribution in [2.75, 3.05) is 26.2 Å². The Morgan fingerprint density at radius 3 is 2.77 bits per heavy atom. The number of nitrogens with zero attached hydrogens (tertiary/aromatic N) is 2. The van der Waals surface area contributed by atoms with Crippen LogP contribution < -0.4 is 0 Å². The standard InChI is InChI=1S/C20H28N2O3.ClH/c23-20(24)17-9-6-12-22(15-17)13-14-25-21-19-11-5-4-10-18(19)16-7-2-1-3-8-16;/h1-3,7-8,17-18H,4-6,9-15H2,(H,23,24);1H. The van der Waals surface area contributed by atoms with Crippen LogP contribution in [-0.4, -0.2) is 47.9 Å². The van der Waals surface area contributed by atoms with Crippen LogP contribution in [0.1, 0.15) is 50.0 Å². The second kappa shape index (κ2) is 10.5. The molecule has 0 spiro atoms. The van der Waals surface area contributed by atoms with Crippen LogP contribution in [-0.2, 0) is 9.63 Å². The predicted octanol–water partition coefficient (Wildman–Crippen LogP) is 3.94. The van der Waals surface area contributed by atoms with Gasteiger partial charge in [-0.2, -0.15) is 0 Å². The minimum Gasteiger partial charge on any atom is -0.481 e. The molecule has 0 radical (unpaired) electrons. The van der Waals surface area contributed by atoms with Gasteiger partial charge in [0.15, 0.2) is 0 Å². The van der Waals surface area contributed by atoms with Crippen molar-refractivity contribution >= 4 is 24.1 Å². The lowest BCUT2D eigenvalue weighted by Crippen LogP contribution is -2.40.